The molecule has 0 aromatic heterocycles. The summed E-state index contributed by atoms with van der Waals surface area (Å²) in [5.74, 6) is 0. The lowest BCUT2D eigenvalue weighted by molar-refractivity contribution is 1.42. The summed E-state index contributed by atoms with van der Waals surface area (Å²) in [5.41, 5.74) is 6.20. The minimum atomic E-state index is 0.692. The minimum absolute atomic E-state index is 0.692. The summed E-state index contributed by atoms with van der Waals surface area (Å²) >= 11 is 1.57. The number of rotatable bonds is 3. The molecule has 0 atom stereocenters. The monoisotopic (exact) mass is 141 g/mol. The van der Waals surface area contributed by atoms with Gasteiger partial charge in [-0.1, -0.05) is 19.2 Å². The minimum Gasteiger partial charge on any atom is -0.398 e. The molecular weight excluding hydrogens is 130 g/mol. The van der Waals surface area contributed by atoms with Crippen molar-refractivity contribution >= 4 is 11.8 Å². The van der Waals surface area contributed by atoms with Crippen molar-refractivity contribution in [3.8, 4) is 0 Å². The van der Waals surface area contributed by atoms with E-state index in [4.69, 9.17) is 5.73 Å². The highest BCUT2D eigenvalue weighted by atomic mass is 32.2. The van der Waals surface area contributed by atoms with Gasteiger partial charge in [0.25, 0.3) is 0 Å². The van der Waals surface area contributed by atoms with E-state index < -0.39 is 0 Å². The molecular formula is C7H11NS. The van der Waals surface area contributed by atoms with Crippen molar-refractivity contribution in [3.63, 3.8) is 0 Å². The van der Waals surface area contributed by atoms with Crippen molar-refractivity contribution in [1.29, 1.82) is 0 Å². The fourth-order valence-electron chi connectivity index (χ4n) is 0.420. The third kappa shape index (κ3) is 2.42. The van der Waals surface area contributed by atoms with Crippen LogP contribution in [0.4, 0.5) is 0 Å². The van der Waals surface area contributed by atoms with Crippen LogP contribution in [0, 0.1) is 0 Å². The molecule has 0 saturated carbocycles. The first-order valence-corrected chi connectivity index (χ1v) is 3.77. The van der Waals surface area contributed by atoms with E-state index in [-0.39, 0.29) is 0 Å². The maximum absolute atomic E-state index is 5.51. The highest BCUT2D eigenvalue weighted by Gasteiger charge is 1.90. The van der Waals surface area contributed by atoms with E-state index in [0.29, 0.717) is 5.70 Å². The lowest BCUT2D eigenvalue weighted by Crippen LogP contribution is -1.94. The predicted octanol–water partition coefficient (Wildman–Crippen LogP) is 1.89. The fraction of sp³-hybridized carbons (Fsp3) is 0.143. The van der Waals surface area contributed by atoms with Gasteiger partial charge in [0.05, 0.1) is 0 Å². The Bertz CT molecular complexity index is 147. The van der Waals surface area contributed by atoms with Crippen molar-refractivity contribution < 1.29 is 0 Å². The van der Waals surface area contributed by atoms with Crippen molar-refractivity contribution in [3.05, 3.63) is 35.9 Å². The summed E-state index contributed by atoms with van der Waals surface area (Å²) in [5, 5.41) is 0. The molecule has 1 nitrogen and oxygen atoms in total. The molecule has 0 radical (unpaired) electrons. The Labute approximate surface area is 60.3 Å². The average molecular weight is 141 g/mol. The standard InChI is InChI=1S/C7H11NS/c1-4-6(8)7(5-2)9-3/h4-5H,1-2,8H2,3H3/b7-6-. The highest BCUT2D eigenvalue weighted by molar-refractivity contribution is 8.02. The molecule has 0 heterocycles. The lowest BCUT2D eigenvalue weighted by atomic mass is 10.4. The van der Waals surface area contributed by atoms with Crippen LogP contribution >= 0.6 is 11.8 Å². The van der Waals surface area contributed by atoms with Crippen molar-refractivity contribution in [2.24, 2.45) is 5.73 Å². The summed E-state index contributed by atoms with van der Waals surface area (Å²) in [6.45, 7) is 7.13. The van der Waals surface area contributed by atoms with E-state index in [1.165, 1.54) is 0 Å². The average Bonchev–Trinajstić information content (AvgIpc) is 1.90. The molecule has 0 aliphatic heterocycles. The van der Waals surface area contributed by atoms with Crippen LogP contribution in [0.25, 0.3) is 0 Å². The van der Waals surface area contributed by atoms with Crippen LogP contribution in [-0.2, 0) is 0 Å². The van der Waals surface area contributed by atoms with Gasteiger partial charge in [-0.2, -0.15) is 0 Å². The Morgan fingerprint density at radius 1 is 1.44 bits per heavy atom. The molecule has 9 heavy (non-hydrogen) atoms. The van der Waals surface area contributed by atoms with E-state index in [0.717, 1.165) is 4.91 Å². The van der Waals surface area contributed by atoms with Gasteiger partial charge in [-0.05, 0) is 12.3 Å². The molecule has 0 unspecified atom stereocenters. The number of thioether (sulfide) groups is 1. The second-order valence-corrected chi connectivity index (χ2v) is 2.28. The van der Waals surface area contributed by atoms with Crippen LogP contribution in [0.3, 0.4) is 0 Å². The summed E-state index contributed by atoms with van der Waals surface area (Å²) in [6.07, 6.45) is 5.29. The van der Waals surface area contributed by atoms with Gasteiger partial charge in [-0.15, -0.1) is 11.8 Å². The maximum Gasteiger partial charge on any atom is 0.0445 e. The van der Waals surface area contributed by atoms with Gasteiger partial charge in [0, 0.05) is 10.6 Å². The molecule has 0 rings (SSSR count). The van der Waals surface area contributed by atoms with Gasteiger partial charge in [-0.25, -0.2) is 0 Å². The summed E-state index contributed by atoms with van der Waals surface area (Å²) in [6, 6.07) is 0. The Hall–Kier alpha value is -0.630. The second kappa shape index (κ2) is 4.27. The van der Waals surface area contributed by atoms with Crippen molar-refractivity contribution in [2.45, 2.75) is 0 Å². The molecule has 0 aromatic rings. The largest absolute Gasteiger partial charge is 0.398 e. The first-order chi connectivity index (χ1) is 4.26. The van der Waals surface area contributed by atoms with Crippen LogP contribution in [0.5, 0.6) is 0 Å². The fourth-order valence-corrected chi connectivity index (χ4v) is 0.905. The van der Waals surface area contributed by atoms with E-state index in [1.807, 2.05) is 6.26 Å². The zero-order valence-corrected chi connectivity index (χ0v) is 6.37. The molecule has 0 aliphatic rings. The zero-order chi connectivity index (χ0) is 7.28. The second-order valence-electron chi connectivity index (χ2n) is 1.43. The van der Waals surface area contributed by atoms with Gasteiger partial charge in [0.1, 0.15) is 0 Å². The smallest absolute Gasteiger partial charge is 0.0445 e. The van der Waals surface area contributed by atoms with Crippen LogP contribution in [-0.4, -0.2) is 6.26 Å². The van der Waals surface area contributed by atoms with Gasteiger partial charge in [-0.3, -0.25) is 0 Å². The topological polar surface area (TPSA) is 26.0 Å². The van der Waals surface area contributed by atoms with E-state index >= 15 is 0 Å². The summed E-state index contributed by atoms with van der Waals surface area (Å²) in [4.78, 5) is 0.977. The predicted molar refractivity (Wildman–Crippen MR) is 45.1 cm³/mol. The highest BCUT2D eigenvalue weighted by Crippen LogP contribution is 2.14. The Morgan fingerprint density at radius 3 is 2.11 bits per heavy atom. The molecule has 0 aliphatic carbocycles. The van der Waals surface area contributed by atoms with Crippen molar-refractivity contribution in [1.82, 2.24) is 0 Å². The van der Waals surface area contributed by atoms with E-state index in [1.54, 1.807) is 23.9 Å². The Balaban J connectivity index is 4.36. The van der Waals surface area contributed by atoms with E-state index in [9.17, 15) is 0 Å². The zero-order valence-electron chi connectivity index (χ0n) is 5.55. The normalized spacial score (nSPS) is 12.1. The lowest BCUT2D eigenvalue weighted by Gasteiger charge is -1.97. The Kier molecular flexibility index (Phi) is 3.97. The third-order valence-electron chi connectivity index (χ3n) is 0.910. The SMILES string of the molecule is C=C/C(N)=C(\C=C)SC. The number of hydrogen-bond acceptors (Lipinski definition) is 2. The molecule has 0 amide bonds. The first kappa shape index (κ1) is 8.37. The molecule has 0 saturated heterocycles. The molecule has 0 spiro atoms. The van der Waals surface area contributed by atoms with Gasteiger partial charge in [0.2, 0.25) is 0 Å². The molecule has 50 valence electrons. The number of nitrogens with two attached hydrogens (primary N) is 1. The van der Waals surface area contributed by atoms with Crippen LogP contribution in [0.15, 0.2) is 35.9 Å². The van der Waals surface area contributed by atoms with Crippen LogP contribution in [0.2, 0.25) is 0 Å². The van der Waals surface area contributed by atoms with Gasteiger partial charge < -0.3 is 5.73 Å². The van der Waals surface area contributed by atoms with Gasteiger partial charge >= 0.3 is 0 Å². The summed E-state index contributed by atoms with van der Waals surface area (Å²) in [7, 11) is 0. The van der Waals surface area contributed by atoms with Crippen molar-refractivity contribution in [2.75, 3.05) is 6.26 Å². The molecule has 0 fully saturated rings. The van der Waals surface area contributed by atoms with Gasteiger partial charge in [0.15, 0.2) is 0 Å². The quantitative estimate of drug-likeness (QED) is 0.607. The molecule has 2 heteroatoms. The Morgan fingerprint density at radius 2 is 2.00 bits per heavy atom. The molecule has 0 bridgehead atoms. The number of allylic oxidation sites excluding steroid dienone is 2. The maximum atomic E-state index is 5.51. The third-order valence-corrected chi connectivity index (χ3v) is 1.75. The first-order valence-electron chi connectivity index (χ1n) is 2.54. The van der Waals surface area contributed by atoms with Crippen LogP contribution < -0.4 is 5.73 Å². The summed E-state index contributed by atoms with van der Waals surface area (Å²) < 4.78 is 0. The van der Waals surface area contributed by atoms with Crippen LogP contribution in [0.1, 0.15) is 0 Å². The number of hydrogen-bond donors (Lipinski definition) is 1. The molecule has 2 N–H and O–H groups in total. The van der Waals surface area contributed by atoms with E-state index in [2.05, 4.69) is 13.2 Å². The molecule has 0 aromatic carbocycles.